The number of halogens is 1. The Morgan fingerprint density at radius 3 is 2.29 bits per heavy atom. The summed E-state index contributed by atoms with van der Waals surface area (Å²) in [6, 6.07) is 7.93. The zero-order chi connectivity index (χ0) is 15.5. The third kappa shape index (κ3) is 6.66. The third-order valence-corrected chi connectivity index (χ3v) is 3.57. The van der Waals surface area contributed by atoms with Gasteiger partial charge in [-0.2, -0.15) is 0 Å². The van der Waals surface area contributed by atoms with Crippen LogP contribution in [0.3, 0.4) is 0 Å². The molecular weight excluding hydrogens is 290 g/mol. The maximum atomic E-state index is 6.60. The van der Waals surface area contributed by atoms with Crippen molar-refractivity contribution in [3.63, 3.8) is 0 Å². The van der Waals surface area contributed by atoms with Crippen LogP contribution in [0.25, 0.3) is 0 Å². The van der Waals surface area contributed by atoms with Crippen LogP contribution in [0.5, 0.6) is 5.75 Å². The van der Waals surface area contributed by atoms with E-state index in [0.29, 0.717) is 19.8 Å². The third-order valence-electron chi connectivity index (χ3n) is 3.20. The smallest absolute Gasteiger partial charge is 0.124 e. The van der Waals surface area contributed by atoms with E-state index in [1.807, 2.05) is 31.2 Å². The summed E-state index contributed by atoms with van der Waals surface area (Å²) in [5.74, 6) is 0.860. The molecule has 0 bridgehead atoms. The number of alkyl halides is 1. The molecule has 0 aliphatic carbocycles. The summed E-state index contributed by atoms with van der Waals surface area (Å²) >= 11 is 6.60. The Morgan fingerprint density at radius 1 is 1.10 bits per heavy atom. The molecule has 0 saturated carbocycles. The maximum Gasteiger partial charge on any atom is 0.124 e. The van der Waals surface area contributed by atoms with Gasteiger partial charge in [0, 0.05) is 39.4 Å². The number of benzene rings is 1. The summed E-state index contributed by atoms with van der Waals surface area (Å²) in [6.45, 7) is 6.38. The lowest BCUT2D eigenvalue weighted by Gasteiger charge is -2.25. The second-order valence-corrected chi connectivity index (χ2v) is 5.25. The second kappa shape index (κ2) is 10.9. The molecule has 0 N–H and O–H groups in total. The molecule has 1 rings (SSSR count). The standard InChI is InChI=1S/C16H26ClNO3/c1-4-21-16-8-6-5-7-14(16)15(17)13-18(9-11-19-2)10-12-20-3/h5-8,15H,4,9-13H2,1-3H3. The van der Waals surface area contributed by atoms with Crippen LogP contribution in [0, 0.1) is 0 Å². The van der Waals surface area contributed by atoms with E-state index in [2.05, 4.69) is 4.90 Å². The monoisotopic (exact) mass is 315 g/mol. The Bertz CT molecular complexity index is 382. The first-order chi connectivity index (χ1) is 10.2. The van der Waals surface area contributed by atoms with Gasteiger partial charge < -0.3 is 14.2 Å². The molecule has 21 heavy (non-hydrogen) atoms. The predicted molar refractivity (Wildman–Crippen MR) is 86.4 cm³/mol. The molecule has 1 unspecified atom stereocenters. The zero-order valence-corrected chi connectivity index (χ0v) is 13.9. The van der Waals surface area contributed by atoms with Gasteiger partial charge in [0.25, 0.3) is 0 Å². The molecule has 1 aromatic rings. The minimum absolute atomic E-state index is 0.124. The normalized spacial score (nSPS) is 12.6. The first kappa shape index (κ1) is 18.2. The van der Waals surface area contributed by atoms with Crippen molar-refractivity contribution in [2.45, 2.75) is 12.3 Å². The summed E-state index contributed by atoms with van der Waals surface area (Å²) in [5.41, 5.74) is 1.03. The molecule has 5 heteroatoms. The van der Waals surface area contributed by atoms with Crippen LogP contribution >= 0.6 is 11.6 Å². The van der Waals surface area contributed by atoms with Crippen LogP contribution in [-0.4, -0.2) is 58.6 Å². The van der Waals surface area contributed by atoms with Gasteiger partial charge in [-0.25, -0.2) is 0 Å². The summed E-state index contributed by atoms with van der Waals surface area (Å²) in [5, 5.41) is -0.124. The van der Waals surface area contributed by atoms with Gasteiger partial charge in [0.05, 0.1) is 25.2 Å². The van der Waals surface area contributed by atoms with Gasteiger partial charge in [0.1, 0.15) is 5.75 Å². The molecule has 120 valence electrons. The summed E-state index contributed by atoms with van der Waals surface area (Å²) in [6.07, 6.45) is 0. The summed E-state index contributed by atoms with van der Waals surface area (Å²) in [7, 11) is 3.41. The number of rotatable bonds is 11. The predicted octanol–water partition coefficient (Wildman–Crippen LogP) is 2.96. The number of nitrogens with zero attached hydrogens (tertiary/aromatic N) is 1. The van der Waals surface area contributed by atoms with Crippen LogP contribution < -0.4 is 4.74 Å². The van der Waals surface area contributed by atoms with Crippen molar-refractivity contribution in [1.29, 1.82) is 0 Å². The average molecular weight is 316 g/mol. The van der Waals surface area contributed by atoms with Crippen molar-refractivity contribution < 1.29 is 14.2 Å². The van der Waals surface area contributed by atoms with Crippen molar-refractivity contribution >= 4 is 11.6 Å². The minimum atomic E-state index is -0.124. The lowest BCUT2D eigenvalue weighted by atomic mass is 10.1. The van der Waals surface area contributed by atoms with Gasteiger partial charge >= 0.3 is 0 Å². The molecule has 0 saturated heterocycles. The lowest BCUT2D eigenvalue weighted by Crippen LogP contribution is -2.33. The van der Waals surface area contributed by atoms with Crippen molar-refractivity contribution in [3.05, 3.63) is 29.8 Å². The number of hydrogen-bond donors (Lipinski definition) is 0. The lowest BCUT2D eigenvalue weighted by molar-refractivity contribution is 0.114. The van der Waals surface area contributed by atoms with Crippen molar-refractivity contribution in [1.82, 2.24) is 4.90 Å². The Hall–Kier alpha value is -0.810. The van der Waals surface area contributed by atoms with Crippen molar-refractivity contribution in [2.75, 3.05) is 53.7 Å². The quantitative estimate of drug-likeness (QED) is 0.587. The summed E-state index contributed by atoms with van der Waals surface area (Å²) < 4.78 is 16.0. The SMILES string of the molecule is CCOc1ccccc1C(Cl)CN(CCOC)CCOC. The molecule has 0 amide bonds. The van der Waals surface area contributed by atoms with E-state index in [-0.39, 0.29) is 5.38 Å². The van der Waals surface area contributed by atoms with Crippen molar-refractivity contribution in [2.24, 2.45) is 0 Å². The van der Waals surface area contributed by atoms with E-state index in [9.17, 15) is 0 Å². The minimum Gasteiger partial charge on any atom is -0.494 e. The van der Waals surface area contributed by atoms with E-state index in [1.165, 1.54) is 0 Å². The van der Waals surface area contributed by atoms with E-state index >= 15 is 0 Å². The maximum absolute atomic E-state index is 6.60. The van der Waals surface area contributed by atoms with E-state index in [0.717, 1.165) is 30.9 Å². The highest BCUT2D eigenvalue weighted by atomic mass is 35.5. The van der Waals surface area contributed by atoms with Crippen LogP contribution in [0.15, 0.2) is 24.3 Å². The Balaban J connectivity index is 2.68. The Kier molecular flexibility index (Phi) is 9.42. The van der Waals surface area contributed by atoms with E-state index in [1.54, 1.807) is 14.2 Å². The molecule has 1 atom stereocenters. The Labute approximate surface area is 132 Å². The molecule has 4 nitrogen and oxygen atoms in total. The fraction of sp³-hybridized carbons (Fsp3) is 0.625. The molecule has 0 heterocycles. The van der Waals surface area contributed by atoms with Gasteiger partial charge in [-0.3, -0.25) is 4.90 Å². The molecule has 0 spiro atoms. The first-order valence-corrected chi connectivity index (χ1v) is 7.72. The molecule has 1 aromatic carbocycles. The largest absolute Gasteiger partial charge is 0.494 e. The summed E-state index contributed by atoms with van der Waals surface area (Å²) in [4.78, 5) is 2.24. The first-order valence-electron chi connectivity index (χ1n) is 7.28. The van der Waals surface area contributed by atoms with E-state index < -0.39 is 0 Å². The molecule has 0 fully saturated rings. The number of ether oxygens (including phenoxy) is 3. The molecule has 0 aliphatic rings. The van der Waals surface area contributed by atoms with Gasteiger partial charge in [0.15, 0.2) is 0 Å². The van der Waals surface area contributed by atoms with Gasteiger partial charge in [-0.15, -0.1) is 11.6 Å². The van der Waals surface area contributed by atoms with Gasteiger partial charge in [-0.1, -0.05) is 18.2 Å². The number of methoxy groups -OCH3 is 2. The zero-order valence-electron chi connectivity index (χ0n) is 13.2. The van der Waals surface area contributed by atoms with Crippen LogP contribution in [0.2, 0.25) is 0 Å². The molecular formula is C16H26ClNO3. The molecule has 0 radical (unpaired) electrons. The highest BCUT2D eigenvalue weighted by Gasteiger charge is 2.17. The van der Waals surface area contributed by atoms with Crippen LogP contribution in [0.1, 0.15) is 17.9 Å². The fourth-order valence-electron chi connectivity index (χ4n) is 2.09. The van der Waals surface area contributed by atoms with Gasteiger partial charge in [-0.05, 0) is 13.0 Å². The number of para-hydroxylation sites is 1. The Morgan fingerprint density at radius 2 is 1.71 bits per heavy atom. The topological polar surface area (TPSA) is 30.9 Å². The number of hydrogen-bond acceptors (Lipinski definition) is 4. The van der Waals surface area contributed by atoms with E-state index in [4.69, 9.17) is 25.8 Å². The van der Waals surface area contributed by atoms with Gasteiger partial charge in [0.2, 0.25) is 0 Å². The molecule has 0 aromatic heterocycles. The van der Waals surface area contributed by atoms with Crippen LogP contribution in [-0.2, 0) is 9.47 Å². The van der Waals surface area contributed by atoms with Crippen LogP contribution in [0.4, 0.5) is 0 Å². The molecule has 0 aliphatic heterocycles. The average Bonchev–Trinajstić information content (AvgIpc) is 2.50. The second-order valence-electron chi connectivity index (χ2n) is 4.72. The fourth-order valence-corrected chi connectivity index (χ4v) is 2.46. The highest BCUT2D eigenvalue weighted by molar-refractivity contribution is 6.21. The highest BCUT2D eigenvalue weighted by Crippen LogP contribution is 2.30. The van der Waals surface area contributed by atoms with Crippen molar-refractivity contribution in [3.8, 4) is 5.75 Å².